The smallest absolute Gasteiger partial charge is 0.142 e. The van der Waals surface area contributed by atoms with Gasteiger partial charge in [0.25, 0.3) is 0 Å². The number of nitrogens with zero attached hydrogens (tertiary/aromatic N) is 4. The predicted octanol–water partition coefficient (Wildman–Crippen LogP) is 4.79. The van der Waals surface area contributed by atoms with E-state index < -0.39 is 0 Å². The van der Waals surface area contributed by atoms with E-state index in [4.69, 9.17) is 9.51 Å². The van der Waals surface area contributed by atoms with Crippen LogP contribution < -0.4 is 4.90 Å². The first-order valence-corrected chi connectivity index (χ1v) is 10.6. The molecule has 5 heteroatoms. The van der Waals surface area contributed by atoms with Crippen LogP contribution in [0.1, 0.15) is 58.6 Å². The van der Waals surface area contributed by atoms with Crippen molar-refractivity contribution in [2.75, 3.05) is 37.6 Å². The second-order valence-corrected chi connectivity index (χ2v) is 10.1. The molecule has 0 saturated carbocycles. The lowest BCUT2D eigenvalue weighted by atomic mass is 9.84. The Bertz CT molecular complexity index is 816. The lowest BCUT2D eigenvalue weighted by Crippen LogP contribution is -2.47. The highest BCUT2D eigenvalue weighted by molar-refractivity contribution is 5.67. The van der Waals surface area contributed by atoms with Crippen molar-refractivity contribution in [1.82, 2.24) is 15.0 Å². The molecule has 158 valence electrons. The third-order valence-corrected chi connectivity index (χ3v) is 5.68. The highest BCUT2D eigenvalue weighted by Gasteiger charge is 2.22. The summed E-state index contributed by atoms with van der Waals surface area (Å²) in [5.74, 6) is 2.02. The Labute approximate surface area is 175 Å². The Kier molecular flexibility index (Phi) is 6.18. The van der Waals surface area contributed by atoms with Crippen LogP contribution in [0.4, 0.5) is 5.82 Å². The molecule has 0 atom stereocenters. The van der Waals surface area contributed by atoms with Gasteiger partial charge < -0.3 is 9.42 Å². The SMILES string of the molecule is C=C(c1ccc(N2CCN(CCc3cc(C(C)(C)C)on3)CC2)nc1)C(C)(C)C. The summed E-state index contributed by atoms with van der Waals surface area (Å²) < 4.78 is 5.50. The maximum Gasteiger partial charge on any atom is 0.142 e. The Hall–Kier alpha value is -2.14. The quantitative estimate of drug-likeness (QED) is 0.727. The third kappa shape index (κ3) is 5.47. The molecule has 1 fully saturated rings. The number of rotatable bonds is 5. The van der Waals surface area contributed by atoms with E-state index in [1.165, 1.54) is 0 Å². The minimum absolute atomic E-state index is 0.0126. The topological polar surface area (TPSA) is 45.4 Å². The lowest BCUT2D eigenvalue weighted by molar-refractivity contribution is 0.257. The Balaban J connectivity index is 1.49. The summed E-state index contributed by atoms with van der Waals surface area (Å²) in [6.07, 6.45) is 2.90. The summed E-state index contributed by atoms with van der Waals surface area (Å²) in [6, 6.07) is 6.39. The van der Waals surface area contributed by atoms with E-state index in [0.29, 0.717) is 0 Å². The molecule has 29 heavy (non-hydrogen) atoms. The molecule has 0 unspecified atom stereocenters. The van der Waals surface area contributed by atoms with E-state index in [-0.39, 0.29) is 10.8 Å². The van der Waals surface area contributed by atoms with Gasteiger partial charge in [-0.15, -0.1) is 0 Å². The molecule has 1 aliphatic rings. The van der Waals surface area contributed by atoms with Crippen molar-refractivity contribution < 1.29 is 4.52 Å². The highest BCUT2D eigenvalue weighted by atomic mass is 16.5. The molecule has 0 amide bonds. The normalized spacial score (nSPS) is 16.3. The zero-order chi connectivity index (χ0) is 21.2. The van der Waals surface area contributed by atoms with E-state index in [9.17, 15) is 0 Å². The van der Waals surface area contributed by atoms with Crippen LogP contribution in [-0.2, 0) is 11.8 Å². The van der Waals surface area contributed by atoms with Gasteiger partial charge in [-0.05, 0) is 28.7 Å². The molecule has 0 aromatic carbocycles. The predicted molar refractivity (Wildman–Crippen MR) is 120 cm³/mol. The van der Waals surface area contributed by atoms with Crippen LogP contribution >= 0.6 is 0 Å². The second-order valence-electron chi connectivity index (χ2n) is 10.1. The molecule has 5 nitrogen and oxygen atoms in total. The maximum absolute atomic E-state index is 5.50. The van der Waals surface area contributed by atoms with Crippen molar-refractivity contribution in [3.05, 3.63) is 48.0 Å². The van der Waals surface area contributed by atoms with Crippen molar-refractivity contribution in [2.45, 2.75) is 53.4 Å². The van der Waals surface area contributed by atoms with Gasteiger partial charge >= 0.3 is 0 Å². The fraction of sp³-hybridized carbons (Fsp3) is 0.583. The summed E-state index contributed by atoms with van der Waals surface area (Å²) in [5.41, 5.74) is 3.38. The van der Waals surface area contributed by atoms with Crippen molar-refractivity contribution in [1.29, 1.82) is 0 Å². The first kappa shape index (κ1) is 21.6. The number of anilines is 1. The molecule has 1 saturated heterocycles. The fourth-order valence-electron chi connectivity index (χ4n) is 3.44. The average Bonchev–Trinajstić information content (AvgIpc) is 3.15. The largest absolute Gasteiger partial charge is 0.361 e. The summed E-state index contributed by atoms with van der Waals surface area (Å²) in [4.78, 5) is 9.57. The average molecular weight is 397 g/mol. The Morgan fingerprint density at radius 3 is 2.28 bits per heavy atom. The van der Waals surface area contributed by atoms with Gasteiger partial charge in [0.15, 0.2) is 0 Å². The van der Waals surface area contributed by atoms with Crippen LogP contribution in [0.5, 0.6) is 0 Å². The minimum atomic E-state index is 0.0126. The van der Waals surface area contributed by atoms with Gasteiger partial charge in [-0.25, -0.2) is 4.98 Å². The molecule has 0 bridgehead atoms. The van der Waals surface area contributed by atoms with Gasteiger partial charge in [0.05, 0.1) is 5.69 Å². The van der Waals surface area contributed by atoms with Crippen molar-refractivity contribution in [3.63, 3.8) is 0 Å². The van der Waals surface area contributed by atoms with Gasteiger partial charge in [-0.3, -0.25) is 4.90 Å². The third-order valence-electron chi connectivity index (χ3n) is 5.68. The van der Waals surface area contributed by atoms with Crippen molar-refractivity contribution >= 4 is 11.4 Å². The van der Waals surface area contributed by atoms with Crippen molar-refractivity contribution in [3.8, 4) is 0 Å². The van der Waals surface area contributed by atoms with Gasteiger partial charge in [0, 0.05) is 56.8 Å². The number of aromatic nitrogens is 2. The number of hydrogen-bond donors (Lipinski definition) is 0. The summed E-state index contributed by atoms with van der Waals surface area (Å²) in [5, 5.41) is 4.24. The van der Waals surface area contributed by atoms with Crippen molar-refractivity contribution in [2.24, 2.45) is 5.41 Å². The molecular formula is C24H36N4O. The lowest BCUT2D eigenvalue weighted by Gasteiger charge is -2.35. The Morgan fingerprint density at radius 1 is 1.07 bits per heavy atom. The monoisotopic (exact) mass is 396 g/mol. The number of piperazine rings is 1. The summed E-state index contributed by atoms with van der Waals surface area (Å²) >= 11 is 0. The minimum Gasteiger partial charge on any atom is -0.361 e. The molecule has 0 radical (unpaired) electrons. The van der Waals surface area contributed by atoms with Crippen LogP contribution in [0.3, 0.4) is 0 Å². The maximum atomic E-state index is 5.50. The van der Waals surface area contributed by atoms with Gasteiger partial charge in [0.2, 0.25) is 0 Å². The second kappa shape index (κ2) is 8.31. The first-order valence-electron chi connectivity index (χ1n) is 10.6. The standard InChI is InChI=1S/C24H36N4O/c1-18(23(2,3)4)19-8-9-22(25-17-19)28-14-12-27(13-15-28)11-10-20-16-21(29-26-20)24(5,6)7/h8-9,16-17H,1,10-15H2,2-7H3. The number of hydrogen-bond acceptors (Lipinski definition) is 5. The van der Waals surface area contributed by atoms with Crippen LogP contribution in [0.2, 0.25) is 0 Å². The first-order chi connectivity index (χ1) is 13.5. The molecule has 1 aliphatic heterocycles. The summed E-state index contributed by atoms with van der Waals surface area (Å²) in [7, 11) is 0. The number of allylic oxidation sites excluding steroid dienone is 1. The molecule has 0 aliphatic carbocycles. The number of pyridine rings is 1. The molecule has 2 aromatic heterocycles. The van der Waals surface area contributed by atoms with E-state index in [0.717, 1.165) is 67.6 Å². The summed E-state index contributed by atoms with van der Waals surface area (Å²) in [6.45, 7) is 22.3. The van der Waals surface area contributed by atoms with Crippen LogP contribution in [0.15, 0.2) is 35.5 Å². The van der Waals surface area contributed by atoms with E-state index in [1.54, 1.807) is 0 Å². The van der Waals surface area contributed by atoms with Crippen LogP contribution in [0, 0.1) is 5.41 Å². The zero-order valence-corrected chi connectivity index (χ0v) is 19.0. The van der Waals surface area contributed by atoms with Gasteiger partial charge in [0.1, 0.15) is 11.6 Å². The Morgan fingerprint density at radius 2 is 1.76 bits per heavy atom. The molecular weight excluding hydrogens is 360 g/mol. The molecule has 3 heterocycles. The van der Waals surface area contributed by atoms with Crippen LogP contribution in [-0.4, -0.2) is 47.8 Å². The zero-order valence-electron chi connectivity index (χ0n) is 19.0. The highest BCUT2D eigenvalue weighted by Crippen LogP contribution is 2.32. The van der Waals surface area contributed by atoms with E-state index in [1.807, 2.05) is 6.20 Å². The molecule has 2 aromatic rings. The van der Waals surface area contributed by atoms with Gasteiger partial charge in [-0.1, -0.05) is 53.3 Å². The molecule has 0 spiro atoms. The molecule has 3 rings (SSSR count). The molecule has 0 N–H and O–H groups in total. The van der Waals surface area contributed by atoms with Crippen LogP contribution in [0.25, 0.3) is 5.57 Å². The van der Waals surface area contributed by atoms with E-state index in [2.05, 4.69) is 81.3 Å². The van der Waals surface area contributed by atoms with E-state index >= 15 is 0 Å². The fourth-order valence-corrected chi connectivity index (χ4v) is 3.44. The van der Waals surface area contributed by atoms with Gasteiger partial charge in [-0.2, -0.15) is 0 Å².